The highest BCUT2D eigenvalue weighted by Gasteiger charge is 2.30. The van der Waals surface area contributed by atoms with Gasteiger partial charge in [-0.2, -0.15) is 5.26 Å². The predicted octanol–water partition coefficient (Wildman–Crippen LogP) is 2.80. The lowest BCUT2D eigenvalue weighted by Gasteiger charge is -2.34. The molecule has 0 radical (unpaired) electrons. The summed E-state index contributed by atoms with van der Waals surface area (Å²) in [6, 6.07) is 4.83. The van der Waals surface area contributed by atoms with E-state index in [4.69, 9.17) is 5.26 Å². The van der Waals surface area contributed by atoms with E-state index in [-0.39, 0.29) is 22.4 Å². The van der Waals surface area contributed by atoms with E-state index >= 15 is 0 Å². The minimum atomic E-state index is -3.73. The Morgan fingerprint density at radius 1 is 1.33 bits per heavy atom. The van der Waals surface area contributed by atoms with Gasteiger partial charge < -0.3 is 0 Å². The highest BCUT2D eigenvalue weighted by atomic mass is 32.2. The quantitative estimate of drug-likeness (QED) is 0.933. The van der Waals surface area contributed by atoms with Crippen LogP contribution in [0.1, 0.15) is 38.7 Å². The molecule has 1 aliphatic carbocycles. The molecule has 4 nitrogen and oxygen atoms in total. The minimum Gasteiger partial charge on any atom is -0.208 e. The van der Waals surface area contributed by atoms with E-state index in [9.17, 15) is 12.8 Å². The number of hydrogen-bond acceptors (Lipinski definition) is 3. The maximum Gasteiger partial charge on any atom is 0.240 e. The van der Waals surface area contributed by atoms with Gasteiger partial charge in [-0.25, -0.2) is 17.5 Å². The number of halogens is 1. The van der Waals surface area contributed by atoms with Gasteiger partial charge in [0.15, 0.2) is 0 Å². The summed E-state index contributed by atoms with van der Waals surface area (Å²) in [6.07, 6.45) is 2.90. The molecule has 0 saturated heterocycles. The zero-order valence-electron chi connectivity index (χ0n) is 12.1. The van der Waals surface area contributed by atoms with Gasteiger partial charge in [-0.1, -0.05) is 26.7 Å². The Morgan fingerprint density at radius 3 is 2.71 bits per heavy atom. The van der Waals surface area contributed by atoms with Crippen molar-refractivity contribution in [2.24, 2.45) is 11.8 Å². The normalized spacial score (nSPS) is 26.3. The van der Waals surface area contributed by atoms with Crippen LogP contribution in [0, 0.1) is 29.0 Å². The molecule has 0 aliphatic heterocycles. The summed E-state index contributed by atoms with van der Waals surface area (Å²) in [5, 5.41) is 8.80. The van der Waals surface area contributed by atoms with Gasteiger partial charge in [0.25, 0.3) is 0 Å². The van der Waals surface area contributed by atoms with Gasteiger partial charge in [-0.3, -0.25) is 0 Å². The summed E-state index contributed by atoms with van der Waals surface area (Å²) in [5.41, 5.74) is -0.261. The molecule has 1 aromatic rings. The number of nitrogens with one attached hydrogen (secondary N) is 1. The van der Waals surface area contributed by atoms with Crippen molar-refractivity contribution in [2.45, 2.75) is 44.0 Å². The second-order valence-electron chi connectivity index (χ2n) is 5.75. The molecule has 6 heteroatoms. The minimum absolute atomic E-state index is 0.0640. The first kappa shape index (κ1) is 15.9. The van der Waals surface area contributed by atoms with Crippen LogP contribution in [0.5, 0.6) is 0 Å². The van der Waals surface area contributed by atoms with Crippen molar-refractivity contribution >= 4 is 10.0 Å². The molecule has 2 rings (SSSR count). The van der Waals surface area contributed by atoms with E-state index in [1.165, 1.54) is 6.07 Å². The van der Waals surface area contributed by atoms with Gasteiger partial charge >= 0.3 is 0 Å². The molecule has 1 saturated carbocycles. The van der Waals surface area contributed by atoms with E-state index in [0.717, 1.165) is 31.4 Å². The van der Waals surface area contributed by atoms with E-state index in [2.05, 4.69) is 11.6 Å². The standard InChI is InChI=1S/C15H19FN2O2S/c1-10-4-3-5-15(11(10)2)18-21(19,20)13-6-7-14(16)12(8-13)9-17/h6-8,10-11,15,18H,3-5H2,1-2H3. The molecular weight excluding hydrogens is 291 g/mol. The van der Waals surface area contributed by atoms with Gasteiger partial charge in [-0.05, 0) is 36.5 Å². The molecule has 0 spiro atoms. The lowest BCUT2D eigenvalue weighted by Crippen LogP contribution is -2.43. The molecule has 1 N–H and O–H groups in total. The Labute approximate surface area is 125 Å². The highest BCUT2D eigenvalue weighted by Crippen LogP contribution is 2.30. The summed E-state index contributed by atoms with van der Waals surface area (Å²) >= 11 is 0. The average Bonchev–Trinajstić information content (AvgIpc) is 2.44. The first-order valence-electron chi connectivity index (χ1n) is 7.07. The molecular formula is C15H19FN2O2S. The average molecular weight is 310 g/mol. The molecule has 0 heterocycles. The molecule has 1 fully saturated rings. The van der Waals surface area contributed by atoms with Crippen LogP contribution in [-0.2, 0) is 10.0 Å². The first-order chi connectivity index (χ1) is 9.85. The van der Waals surface area contributed by atoms with Crippen molar-refractivity contribution < 1.29 is 12.8 Å². The smallest absolute Gasteiger partial charge is 0.208 e. The van der Waals surface area contributed by atoms with Crippen molar-refractivity contribution in [3.8, 4) is 6.07 Å². The van der Waals surface area contributed by atoms with Gasteiger partial charge in [0.1, 0.15) is 11.9 Å². The van der Waals surface area contributed by atoms with Crippen LogP contribution in [0.4, 0.5) is 4.39 Å². The fraction of sp³-hybridized carbons (Fsp3) is 0.533. The molecule has 0 bridgehead atoms. The van der Waals surface area contributed by atoms with E-state index in [0.29, 0.717) is 5.92 Å². The Kier molecular flexibility index (Phi) is 4.64. The number of hydrogen-bond donors (Lipinski definition) is 1. The van der Waals surface area contributed by atoms with Gasteiger partial charge in [0.2, 0.25) is 10.0 Å². The van der Waals surface area contributed by atoms with Crippen molar-refractivity contribution in [3.05, 3.63) is 29.6 Å². The van der Waals surface area contributed by atoms with Crippen LogP contribution in [0.3, 0.4) is 0 Å². The molecule has 0 aromatic heterocycles. The van der Waals surface area contributed by atoms with E-state index < -0.39 is 15.8 Å². The number of rotatable bonds is 3. The maximum absolute atomic E-state index is 13.3. The van der Waals surface area contributed by atoms with Crippen LogP contribution >= 0.6 is 0 Å². The van der Waals surface area contributed by atoms with E-state index in [1.807, 2.05) is 6.92 Å². The Hall–Kier alpha value is -1.45. The summed E-state index contributed by atoms with van der Waals surface area (Å²) in [7, 11) is -3.73. The van der Waals surface area contributed by atoms with Crippen molar-refractivity contribution in [3.63, 3.8) is 0 Å². The van der Waals surface area contributed by atoms with Gasteiger partial charge in [0, 0.05) is 6.04 Å². The third kappa shape index (κ3) is 3.42. The SMILES string of the molecule is CC1CCCC(NS(=O)(=O)c2ccc(F)c(C#N)c2)C1C. The fourth-order valence-electron chi connectivity index (χ4n) is 2.77. The van der Waals surface area contributed by atoms with Crippen LogP contribution in [0.2, 0.25) is 0 Å². The Balaban J connectivity index is 2.24. The Morgan fingerprint density at radius 2 is 2.05 bits per heavy atom. The third-order valence-electron chi connectivity index (χ3n) is 4.38. The van der Waals surface area contributed by atoms with Crippen LogP contribution < -0.4 is 4.72 Å². The topological polar surface area (TPSA) is 70.0 Å². The van der Waals surface area contributed by atoms with E-state index in [1.54, 1.807) is 6.07 Å². The van der Waals surface area contributed by atoms with Crippen molar-refractivity contribution in [1.29, 1.82) is 5.26 Å². The van der Waals surface area contributed by atoms with Crippen molar-refractivity contribution in [1.82, 2.24) is 4.72 Å². The number of benzene rings is 1. The summed E-state index contributed by atoms with van der Waals surface area (Å²) < 4.78 is 40.8. The van der Waals surface area contributed by atoms with Gasteiger partial charge in [-0.15, -0.1) is 0 Å². The second kappa shape index (κ2) is 6.12. The molecule has 21 heavy (non-hydrogen) atoms. The Bertz CT molecular complexity index is 667. The predicted molar refractivity (Wildman–Crippen MR) is 77.4 cm³/mol. The zero-order chi connectivity index (χ0) is 15.6. The van der Waals surface area contributed by atoms with Crippen LogP contribution in [-0.4, -0.2) is 14.5 Å². The first-order valence-corrected chi connectivity index (χ1v) is 8.55. The lowest BCUT2D eigenvalue weighted by atomic mass is 9.78. The van der Waals surface area contributed by atoms with Gasteiger partial charge in [0.05, 0.1) is 10.5 Å². The number of nitrogens with zero attached hydrogens (tertiary/aromatic N) is 1. The molecule has 114 valence electrons. The zero-order valence-corrected chi connectivity index (χ0v) is 13.0. The third-order valence-corrected chi connectivity index (χ3v) is 5.87. The molecule has 3 atom stereocenters. The number of nitriles is 1. The fourth-order valence-corrected chi connectivity index (χ4v) is 4.16. The monoisotopic (exact) mass is 310 g/mol. The maximum atomic E-state index is 13.3. The van der Waals surface area contributed by atoms with Crippen LogP contribution in [0.15, 0.2) is 23.1 Å². The summed E-state index contributed by atoms with van der Waals surface area (Å²) in [5.74, 6) is 0.00912. The molecule has 1 aliphatic rings. The second-order valence-corrected chi connectivity index (χ2v) is 7.46. The largest absolute Gasteiger partial charge is 0.240 e. The molecule has 1 aromatic carbocycles. The lowest BCUT2D eigenvalue weighted by molar-refractivity contribution is 0.227. The summed E-state index contributed by atoms with van der Waals surface area (Å²) in [4.78, 5) is -0.0640. The number of sulfonamides is 1. The highest BCUT2D eigenvalue weighted by molar-refractivity contribution is 7.89. The molecule has 3 unspecified atom stereocenters. The summed E-state index contributed by atoms with van der Waals surface area (Å²) in [6.45, 7) is 4.17. The van der Waals surface area contributed by atoms with Crippen molar-refractivity contribution in [2.75, 3.05) is 0 Å². The van der Waals surface area contributed by atoms with Crippen LogP contribution in [0.25, 0.3) is 0 Å². The molecule has 0 amide bonds.